The van der Waals surface area contributed by atoms with Crippen molar-refractivity contribution in [2.24, 2.45) is 0 Å². The van der Waals surface area contributed by atoms with Crippen LogP contribution in [-0.4, -0.2) is 48.1 Å². The second-order valence-corrected chi connectivity index (χ2v) is 4.19. The molecule has 0 atom stereocenters. The number of carbonyl (C=O) groups is 2. The van der Waals surface area contributed by atoms with Crippen molar-refractivity contribution >= 4 is 11.8 Å². The monoisotopic (exact) mass is 228 g/mol. The molecular weight excluding hydrogens is 208 g/mol. The van der Waals surface area contributed by atoms with Gasteiger partial charge < -0.3 is 15.3 Å². The fraction of sp³-hybridized carbons (Fsp3) is 0.818. The quantitative estimate of drug-likeness (QED) is 0.662. The number of nitrogens with zero attached hydrogens (tertiary/aromatic N) is 1. The molecule has 92 valence electrons. The molecule has 0 bridgehead atoms. The Kier molecular flexibility index (Phi) is 5.25. The molecule has 2 N–H and O–H groups in total. The highest BCUT2D eigenvalue weighted by Gasteiger charge is 2.26. The highest BCUT2D eigenvalue weighted by Crippen LogP contribution is 2.21. The molecule has 1 aliphatic carbocycles. The highest BCUT2D eigenvalue weighted by molar-refractivity contribution is 6.35. The summed E-state index contributed by atoms with van der Waals surface area (Å²) in [5.74, 6) is -1.12. The molecule has 0 aromatic carbocycles. The average molecular weight is 228 g/mol. The lowest BCUT2D eigenvalue weighted by Gasteiger charge is -2.30. The number of rotatable bonds is 3. The molecule has 1 saturated carbocycles. The van der Waals surface area contributed by atoms with Crippen molar-refractivity contribution in [2.75, 3.05) is 20.2 Å². The number of aliphatic hydroxyl groups excluding tert-OH is 1. The Morgan fingerprint density at radius 1 is 1.31 bits per heavy atom. The molecule has 0 spiro atoms. The van der Waals surface area contributed by atoms with Gasteiger partial charge in [-0.15, -0.1) is 0 Å². The number of amides is 2. The summed E-state index contributed by atoms with van der Waals surface area (Å²) < 4.78 is 0. The molecule has 0 aliphatic heterocycles. The predicted octanol–water partition coefficient (Wildman–Crippen LogP) is -0.114. The first-order chi connectivity index (χ1) is 7.66. The molecule has 2 amide bonds. The van der Waals surface area contributed by atoms with Gasteiger partial charge in [-0.25, -0.2) is 0 Å². The summed E-state index contributed by atoms with van der Waals surface area (Å²) in [7, 11) is 1.68. The predicted molar refractivity (Wildman–Crippen MR) is 59.7 cm³/mol. The van der Waals surface area contributed by atoms with Gasteiger partial charge in [0.1, 0.15) is 0 Å². The third kappa shape index (κ3) is 3.48. The van der Waals surface area contributed by atoms with Crippen LogP contribution in [0.15, 0.2) is 0 Å². The van der Waals surface area contributed by atoms with E-state index in [-0.39, 0.29) is 19.2 Å². The van der Waals surface area contributed by atoms with Crippen LogP contribution in [0.3, 0.4) is 0 Å². The molecule has 1 aliphatic rings. The third-order valence-corrected chi connectivity index (χ3v) is 3.03. The number of hydrogen-bond donors (Lipinski definition) is 2. The molecule has 0 heterocycles. The maximum Gasteiger partial charge on any atom is 0.311 e. The van der Waals surface area contributed by atoms with Crippen LogP contribution in [0, 0.1) is 0 Å². The first kappa shape index (κ1) is 13.0. The van der Waals surface area contributed by atoms with Crippen molar-refractivity contribution in [3.8, 4) is 0 Å². The molecule has 1 fully saturated rings. The van der Waals surface area contributed by atoms with Crippen molar-refractivity contribution in [1.29, 1.82) is 0 Å². The van der Waals surface area contributed by atoms with E-state index < -0.39 is 11.8 Å². The molecule has 5 nitrogen and oxygen atoms in total. The van der Waals surface area contributed by atoms with Crippen molar-refractivity contribution in [1.82, 2.24) is 10.2 Å². The van der Waals surface area contributed by atoms with Crippen LogP contribution in [-0.2, 0) is 9.59 Å². The van der Waals surface area contributed by atoms with Crippen molar-refractivity contribution in [3.63, 3.8) is 0 Å². The average Bonchev–Trinajstić information content (AvgIpc) is 2.35. The standard InChI is InChI=1S/C11H20N2O3/c1-13(9-5-3-2-4-6-9)11(16)10(15)12-7-8-14/h9,14H,2-8H2,1H3,(H,12,15). The van der Waals surface area contributed by atoms with E-state index in [1.54, 1.807) is 7.05 Å². The summed E-state index contributed by atoms with van der Waals surface area (Å²) in [5.41, 5.74) is 0. The van der Waals surface area contributed by atoms with Gasteiger partial charge in [0.15, 0.2) is 0 Å². The fourth-order valence-corrected chi connectivity index (χ4v) is 2.04. The molecule has 0 saturated heterocycles. The van der Waals surface area contributed by atoms with E-state index in [4.69, 9.17) is 5.11 Å². The molecular formula is C11H20N2O3. The normalized spacial score (nSPS) is 16.9. The number of likely N-dealkylation sites (N-methyl/N-ethyl adjacent to an activating group) is 1. The van der Waals surface area contributed by atoms with Crippen LogP contribution in [0.5, 0.6) is 0 Å². The number of carbonyl (C=O) groups excluding carboxylic acids is 2. The van der Waals surface area contributed by atoms with Crippen LogP contribution < -0.4 is 5.32 Å². The van der Waals surface area contributed by atoms with Gasteiger partial charge in [-0.05, 0) is 12.8 Å². The summed E-state index contributed by atoms with van der Waals surface area (Å²) in [6.07, 6.45) is 5.43. The number of nitrogens with one attached hydrogen (secondary N) is 1. The minimum Gasteiger partial charge on any atom is -0.395 e. The van der Waals surface area contributed by atoms with E-state index >= 15 is 0 Å². The minimum atomic E-state index is -0.623. The minimum absolute atomic E-state index is 0.128. The maximum atomic E-state index is 11.7. The van der Waals surface area contributed by atoms with E-state index in [2.05, 4.69) is 5.32 Å². The Balaban J connectivity index is 2.42. The Labute approximate surface area is 95.8 Å². The van der Waals surface area contributed by atoms with Gasteiger partial charge in [0, 0.05) is 19.6 Å². The van der Waals surface area contributed by atoms with Gasteiger partial charge in [0.2, 0.25) is 0 Å². The Morgan fingerprint density at radius 2 is 1.94 bits per heavy atom. The zero-order valence-electron chi connectivity index (χ0n) is 9.74. The van der Waals surface area contributed by atoms with Gasteiger partial charge in [0.05, 0.1) is 6.61 Å². The smallest absolute Gasteiger partial charge is 0.311 e. The molecule has 1 rings (SSSR count). The summed E-state index contributed by atoms with van der Waals surface area (Å²) >= 11 is 0. The lowest BCUT2D eigenvalue weighted by molar-refractivity contribution is -0.146. The van der Waals surface area contributed by atoms with Crippen molar-refractivity contribution in [2.45, 2.75) is 38.1 Å². The third-order valence-electron chi connectivity index (χ3n) is 3.03. The summed E-state index contributed by atoms with van der Waals surface area (Å²) in [4.78, 5) is 24.6. The van der Waals surface area contributed by atoms with Gasteiger partial charge in [-0.3, -0.25) is 9.59 Å². The molecule has 0 aromatic heterocycles. The van der Waals surface area contributed by atoms with Gasteiger partial charge in [-0.1, -0.05) is 19.3 Å². The summed E-state index contributed by atoms with van der Waals surface area (Å²) in [6, 6.07) is 0.195. The number of hydrogen-bond acceptors (Lipinski definition) is 3. The first-order valence-electron chi connectivity index (χ1n) is 5.82. The Hall–Kier alpha value is -1.10. The van der Waals surface area contributed by atoms with E-state index in [1.165, 1.54) is 11.3 Å². The Bertz CT molecular complexity index is 250. The highest BCUT2D eigenvalue weighted by atomic mass is 16.3. The van der Waals surface area contributed by atoms with Crippen LogP contribution in [0.1, 0.15) is 32.1 Å². The fourth-order valence-electron chi connectivity index (χ4n) is 2.04. The van der Waals surface area contributed by atoms with Crippen molar-refractivity contribution < 1.29 is 14.7 Å². The lowest BCUT2D eigenvalue weighted by atomic mass is 9.94. The van der Waals surface area contributed by atoms with Crippen molar-refractivity contribution in [3.05, 3.63) is 0 Å². The maximum absolute atomic E-state index is 11.7. The topological polar surface area (TPSA) is 69.6 Å². The Morgan fingerprint density at radius 3 is 2.50 bits per heavy atom. The van der Waals surface area contributed by atoms with E-state index in [0.29, 0.717) is 0 Å². The molecule has 0 radical (unpaired) electrons. The van der Waals surface area contributed by atoms with Crippen LogP contribution >= 0.6 is 0 Å². The van der Waals surface area contributed by atoms with E-state index in [1.807, 2.05) is 0 Å². The zero-order chi connectivity index (χ0) is 12.0. The molecule has 0 unspecified atom stereocenters. The van der Waals surface area contributed by atoms with E-state index in [9.17, 15) is 9.59 Å². The first-order valence-corrected chi connectivity index (χ1v) is 5.82. The van der Waals surface area contributed by atoms with Crippen LogP contribution in [0.2, 0.25) is 0 Å². The molecule has 0 aromatic rings. The molecule has 16 heavy (non-hydrogen) atoms. The second kappa shape index (κ2) is 6.48. The number of aliphatic hydroxyl groups is 1. The largest absolute Gasteiger partial charge is 0.395 e. The second-order valence-electron chi connectivity index (χ2n) is 4.19. The van der Waals surface area contributed by atoms with E-state index in [0.717, 1.165) is 25.7 Å². The van der Waals surface area contributed by atoms with Gasteiger partial charge in [-0.2, -0.15) is 0 Å². The van der Waals surface area contributed by atoms with Gasteiger partial charge >= 0.3 is 11.8 Å². The summed E-state index contributed by atoms with van der Waals surface area (Å²) in [5, 5.41) is 10.9. The zero-order valence-corrected chi connectivity index (χ0v) is 9.74. The molecule has 5 heteroatoms. The van der Waals surface area contributed by atoms with Crippen LogP contribution in [0.25, 0.3) is 0 Å². The summed E-state index contributed by atoms with van der Waals surface area (Å²) in [6.45, 7) is -0.0186. The SMILES string of the molecule is CN(C(=O)C(=O)NCCO)C1CCCCC1. The lowest BCUT2D eigenvalue weighted by Crippen LogP contribution is -2.46. The van der Waals surface area contributed by atoms with Gasteiger partial charge in [0.25, 0.3) is 0 Å². The van der Waals surface area contributed by atoms with Crippen LogP contribution in [0.4, 0.5) is 0 Å².